The molecule has 0 aromatic heterocycles. The molecule has 0 bridgehead atoms. The Bertz CT molecular complexity index is 648. The number of hydrogen-bond donors (Lipinski definition) is 2. The highest BCUT2D eigenvalue weighted by Crippen LogP contribution is 2.33. The van der Waals surface area contributed by atoms with Gasteiger partial charge in [-0.3, -0.25) is 4.99 Å². The molecular weight excluding hydrogens is 348 g/mol. The number of nitrogens with one attached hydrogen (secondary N) is 2. The minimum Gasteiger partial charge on any atom is -0.493 e. The van der Waals surface area contributed by atoms with Crippen molar-refractivity contribution in [1.29, 1.82) is 0 Å². The summed E-state index contributed by atoms with van der Waals surface area (Å²) < 4.78 is 5.80. The predicted octanol–water partition coefficient (Wildman–Crippen LogP) is 3.51. The van der Waals surface area contributed by atoms with Crippen LogP contribution < -0.4 is 15.4 Å². The SMILES string of the molecule is CCNC(=NCC1CCOc2ccccc21)NC1CCN(C2CCCC2)CC1. The molecule has 2 aliphatic heterocycles. The first-order valence-electron chi connectivity index (χ1n) is 11.3. The van der Waals surface area contributed by atoms with Gasteiger partial charge in [0.15, 0.2) is 5.96 Å². The zero-order chi connectivity index (χ0) is 19.2. The Kier molecular flexibility index (Phi) is 6.73. The molecule has 154 valence electrons. The van der Waals surface area contributed by atoms with Crippen molar-refractivity contribution in [2.45, 2.75) is 69.9 Å². The topological polar surface area (TPSA) is 48.9 Å². The lowest BCUT2D eigenvalue weighted by Gasteiger charge is -2.36. The smallest absolute Gasteiger partial charge is 0.191 e. The molecule has 1 saturated heterocycles. The van der Waals surface area contributed by atoms with E-state index in [0.29, 0.717) is 12.0 Å². The molecule has 5 heteroatoms. The van der Waals surface area contributed by atoms with Gasteiger partial charge in [-0.05, 0) is 50.7 Å². The fraction of sp³-hybridized carbons (Fsp3) is 0.696. The third kappa shape index (κ3) is 4.80. The van der Waals surface area contributed by atoms with Crippen LogP contribution in [0.2, 0.25) is 0 Å². The normalized spacial score (nSPS) is 24.6. The molecule has 28 heavy (non-hydrogen) atoms. The summed E-state index contributed by atoms with van der Waals surface area (Å²) in [6.07, 6.45) is 9.16. The number of likely N-dealkylation sites (tertiary alicyclic amines) is 1. The summed E-state index contributed by atoms with van der Waals surface area (Å²) in [5, 5.41) is 7.17. The average molecular weight is 385 g/mol. The van der Waals surface area contributed by atoms with Crippen LogP contribution in [-0.2, 0) is 0 Å². The molecule has 1 atom stereocenters. The summed E-state index contributed by atoms with van der Waals surface area (Å²) in [4.78, 5) is 7.68. The molecule has 1 aromatic carbocycles. The summed E-state index contributed by atoms with van der Waals surface area (Å²) in [6, 6.07) is 9.81. The van der Waals surface area contributed by atoms with Gasteiger partial charge in [-0.1, -0.05) is 31.0 Å². The Morgan fingerprint density at radius 3 is 2.68 bits per heavy atom. The van der Waals surface area contributed by atoms with Crippen molar-refractivity contribution in [2.75, 3.05) is 32.8 Å². The number of benzene rings is 1. The van der Waals surface area contributed by atoms with Gasteiger partial charge in [0.2, 0.25) is 0 Å². The Hall–Kier alpha value is -1.75. The van der Waals surface area contributed by atoms with Crippen LogP contribution in [0.1, 0.15) is 63.4 Å². The lowest BCUT2D eigenvalue weighted by atomic mass is 9.93. The number of para-hydroxylation sites is 1. The largest absolute Gasteiger partial charge is 0.493 e. The molecule has 1 aliphatic carbocycles. The molecule has 1 unspecified atom stereocenters. The number of fused-ring (bicyclic) bond motifs is 1. The quantitative estimate of drug-likeness (QED) is 0.602. The maximum absolute atomic E-state index is 5.80. The summed E-state index contributed by atoms with van der Waals surface area (Å²) in [7, 11) is 0. The molecule has 4 rings (SSSR count). The van der Waals surface area contributed by atoms with Crippen LogP contribution in [-0.4, -0.2) is 55.7 Å². The molecule has 3 aliphatic rings. The van der Waals surface area contributed by atoms with Gasteiger partial charge < -0.3 is 20.3 Å². The van der Waals surface area contributed by atoms with Crippen LogP contribution in [0.15, 0.2) is 29.3 Å². The van der Waals surface area contributed by atoms with Gasteiger partial charge in [0.1, 0.15) is 5.75 Å². The van der Waals surface area contributed by atoms with Gasteiger partial charge in [0.25, 0.3) is 0 Å². The van der Waals surface area contributed by atoms with Crippen molar-refractivity contribution in [3.8, 4) is 5.75 Å². The van der Waals surface area contributed by atoms with E-state index >= 15 is 0 Å². The summed E-state index contributed by atoms with van der Waals surface area (Å²) >= 11 is 0. The van der Waals surface area contributed by atoms with E-state index < -0.39 is 0 Å². The molecule has 1 saturated carbocycles. The molecule has 1 aromatic rings. The van der Waals surface area contributed by atoms with E-state index in [1.807, 2.05) is 6.07 Å². The second-order valence-electron chi connectivity index (χ2n) is 8.48. The molecule has 0 amide bonds. The van der Waals surface area contributed by atoms with Crippen molar-refractivity contribution >= 4 is 5.96 Å². The lowest BCUT2D eigenvalue weighted by molar-refractivity contribution is 0.150. The highest BCUT2D eigenvalue weighted by molar-refractivity contribution is 5.80. The number of nitrogens with zero attached hydrogens (tertiary/aromatic N) is 2. The summed E-state index contributed by atoms with van der Waals surface area (Å²) in [5.74, 6) is 2.46. The van der Waals surface area contributed by atoms with Gasteiger partial charge >= 0.3 is 0 Å². The van der Waals surface area contributed by atoms with Gasteiger partial charge in [0.05, 0.1) is 6.61 Å². The monoisotopic (exact) mass is 384 g/mol. The van der Waals surface area contributed by atoms with Gasteiger partial charge in [-0.2, -0.15) is 0 Å². The van der Waals surface area contributed by atoms with Crippen LogP contribution in [0.25, 0.3) is 0 Å². The Labute approximate surface area is 169 Å². The first-order valence-corrected chi connectivity index (χ1v) is 11.3. The van der Waals surface area contributed by atoms with Crippen molar-refractivity contribution < 1.29 is 4.74 Å². The van der Waals surface area contributed by atoms with Crippen LogP contribution in [0.3, 0.4) is 0 Å². The molecule has 2 N–H and O–H groups in total. The first-order chi connectivity index (χ1) is 13.8. The number of guanidine groups is 1. The van der Waals surface area contributed by atoms with Crippen LogP contribution >= 0.6 is 0 Å². The lowest BCUT2D eigenvalue weighted by Crippen LogP contribution is -2.50. The number of ether oxygens (including phenoxy) is 1. The fourth-order valence-corrected chi connectivity index (χ4v) is 5.00. The zero-order valence-corrected chi connectivity index (χ0v) is 17.3. The standard InChI is InChI=1S/C23H36N4O/c1-2-24-23(25-17-18-13-16-28-22-10-6-5-9-21(18)22)26-19-11-14-27(15-12-19)20-7-3-4-8-20/h5-6,9-10,18-20H,2-4,7-8,11-17H2,1H3,(H2,24,25,26). The van der Waals surface area contributed by atoms with E-state index in [4.69, 9.17) is 9.73 Å². The van der Waals surface area contributed by atoms with Crippen LogP contribution in [0.4, 0.5) is 0 Å². The predicted molar refractivity (Wildman–Crippen MR) is 115 cm³/mol. The van der Waals surface area contributed by atoms with Crippen LogP contribution in [0, 0.1) is 0 Å². The first kappa shape index (κ1) is 19.6. The van der Waals surface area contributed by atoms with Crippen molar-refractivity contribution in [3.05, 3.63) is 29.8 Å². The fourth-order valence-electron chi connectivity index (χ4n) is 5.00. The number of hydrogen-bond acceptors (Lipinski definition) is 3. The Morgan fingerprint density at radius 2 is 1.89 bits per heavy atom. The maximum atomic E-state index is 5.80. The van der Waals surface area contributed by atoms with Crippen LogP contribution in [0.5, 0.6) is 5.75 Å². The van der Waals surface area contributed by atoms with Crippen molar-refractivity contribution in [2.24, 2.45) is 4.99 Å². The molecule has 0 radical (unpaired) electrons. The second-order valence-corrected chi connectivity index (χ2v) is 8.48. The summed E-state index contributed by atoms with van der Waals surface area (Å²) in [5.41, 5.74) is 1.30. The van der Waals surface area contributed by atoms with Gasteiger partial charge in [0, 0.05) is 44.2 Å². The maximum Gasteiger partial charge on any atom is 0.191 e. The summed E-state index contributed by atoms with van der Waals surface area (Å²) in [6.45, 7) is 7.11. The third-order valence-electron chi connectivity index (χ3n) is 6.61. The minimum atomic E-state index is 0.449. The van der Waals surface area contributed by atoms with Gasteiger partial charge in [-0.25, -0.2) is 0 Å². The molecule has 0 spiro atoms. The van der Waals surface area contributed by atoms with Crippen molar-refractivity contribution in [3.63, 3.8) is 0 Å². The zero-order valence-electron chi connectivity index (χ0n) is 17.3. The van der Waals surface area contributed by atoms with E-state index in [2.05, 4.69) is 40.7 Å². The number of piperidine rings is 1. The number of rotatable bonds is 5. The van der Waals surface area contributed by atoms with E-state index in [1.165, 1.54) is 57.2 Å². The molecular formula is C23H36N4O. The minimum absolute atomic E-state index is 0.449. The Morgan fingerprint density at radius 1 is 1.11 bits per heavy atom. The third-order valence-corrected chi connectivity index (χ3v) is 6.61. The second kappa shape index (κ2) is 9.64. The highest BCUT2D eigenvalue weighted by Gasteiger charge is 2.27. The average Bonchev–Trinajstić information content (AvgIpc) is 3.27. The van der Waals surface area contributed by atoms with E-state index in [9.17, 15) is 0 Å². The Balaban J connectivity index is 1.32. The number of aliphatic imine (C=N–C) groups is 1. The van der Waals surface area contributed by atoms with E-state index in [1.54, 1.807) is 0 Å². The van der Waals surface area contributed by atoms with E-state index in [0.717, 1.165) is 43.9 Å². The molecule has 2 heterocycles. The van der Waals surface area contributed by atoms with Gasteiger partial charge in [-0.15, -0.1) is 0 Å². The molecule has 2 fully saturated rings. The van der Waals surface area contributed by atoms with Crippen molar-refractivity contribution in [1.82, 2.24) is 15.5 Å². The highest BCUT2D eigenvalue weighted by atomic mass is 16.5. The van der Waals surface area contributed by atoms with E-state index in [-0.39, 0.29) is 0 Å². The molecule has 5 nitrogen and oxygen atoms in total.